The molecule has 0 aromatic heterocycles. The van der Waals surface area contributed by atoms with Gasteiger partial charge in [-0.3, -0.25) is 0 Å². The molecule has 0 aliphatic carbocycles. The number of oxime groups is 1. The molecule has 31 heavy (non-hydrogen) atoms. The molecule has 3 aromatic carbocycles. The van der Waals surface area contributed by atoms with Gasteiger partial charge in [-0.15, -0.1) is 0 Å². The Morgan fingerprint density at radius 2 is 1.45 bits per heavy atom. The molecule has 0 aliphatic rings. The van der Waals surface area contributed by atoms with Gasteiger partial charge in [-0.2, -0.15) is 0 Å². The highest BCUT2D eigenvalue weighted by atomic mass is 16.6. The summed E-state index contributed by atoms with van der Waals surface area (Å²) in [4.78, 5) is 15.3. The minimum absolute atomic E-state index is 0.374. The second kappa shape index (κ2) is 10.8. The van der Waals surface area contributed by atoms with Crippen molar-refractivity contribution in [2.24, 2.45) is 5.16 Å². The number of benzene rings is 3. The lowest BCUT2D eigenvalue weighted by molar-refractivity contribution is -0.142. The Kier molecular flexibility index (Phi) is 7.65. The van der Waals surface area contributed by atoms with E-state index in [0.29, 0.717) is 30.3 Å². The topological polar surface area (TPSA) is 77.4 Å². The van der Waals surface area contributed by atoms with Crippen LogP contribution in [0.2, 0.25) is 0 Å². The van der Waals surface area contributed by atoms with Crippen LogP contribution in [0.4, 0.5) is 0 Å². The summed E-state index contributed by atoms with van der Waals surface area (Å²) in [6, 6.07) is 21.6. The number of ether oxygens (including phenoxy) is 2. The summed E-state index contributed by atoms with van der Waals surface area (Å²) >= 11 is 0. The average Bonchev–Trinajstić information content (AvgIpc) is 2.76. The van der Waals surface area contributed by atoms with E-state index in [-0.39, 0.29) is 0 Å². The third-order valence-electron chi connectivity index (χ3n) is 4.48. The molecule has 3 rings (SSSR count). The summed E-state index contributed by atoms with van der Waals surface area (Å²) in [5.74, 6) is 0.126. The Hall–Kier alpha value is -3.80. The number of hydrogen-bond donors (Lipinski definition) is 1. The van der Waals surface area contributed by atoms with E-state index in [1.54, 1.807) is 12.1 Å². The third-order valence-corrected chi connectivity index (χ3v) is 4.48. The molecular weight excluding hydrogens is 394 g/mol. The van der Waals surface area contributed by atoms with E-state index in [9.17, 15) is 4.79 Å². The summed E-state index contributed by atoms with van der Waals surface area (Å²) < 4.78 is 11.9. The van der Waals surface area contributed by atoms with Gasteiger partial charge in [0.1, 0.15) is 24.7 Å². The molecule has 0 heterocycles. The highest BCUT2D eigenvalue weighted by Crippen LogP contribution is 2.26. The number of carboxylic acids is 1. The fourth-order valence-electron chi connectivity index (χ4n) is 2.72. The monoisotopic (exact) mass is 419 g/mol. The second-order valence-electron chi connectivity index (χ2n) is 7.15. The van der Waals surface area contributed by atoms with E-state index in [1.807, 2.05) is 68.4 Å². The smallest absolute Gasteiger partial charge is 0.344 e. The maximum absolute atomic E-state index is 10.6. The lowest BCUT2D eigenvalue weighted by Crippen LogP contribution is -2.04. The van der Waals surface area contributed by atoms with Crippen LogP contribution < -0.4 is 9.47 Å². The summed E-state index contributed by atoms with van der Waals surface area (Å²) in [5.41, 5.74) is 5.13. The van der Waals surface area contributed by atoms with Crippen LogP contribution in [0.15, 0.2) is 71.9 Å². The maximum Gasteiger partial charge on any atom is 0.344 e. The van der Waals surface area contributed by atoms with E-state index in [1.165, 1.54) is 17.3 Å². The molecule has 0 saturated carbocycles. The highest BCUT2D eigenvalue weighted by molar-refractivity contribution is 5.83. The normalized spacial score (nSPS) is 10.8. The summed E-state index contributed by atoms with van der Waals surface area (Å²) in [6.45, 7) is 4.38. The first kappa shape index (κ1) is 21.9. The molecule has 0 unspecified atom stereocenters. The summed E-state index contributed by atoms with van der Waals surface area (Å²) in [7, 11) is 0. The molecule has 0 radical (unpaired) electrons. The van der Waals surface area contributed by atoms with Crippen LogP contribution in [0.25, 0.3) is 0 Å². The number of carboxylic acid groups (broad SMARTS) is 1. The first-order chi connectivity index (χ1) is 15.0. The highest BCUT2D eigenvalue weighted by Gasteiger charge is 2.07. The largest absolute Gasteiger partial charge is 0.489 e. The van der Waals surface area contributed by atoms with Gasteiger partial charge in [0.05, 0.1) is 6.21 Å². The minimum Gasteiger partial charge on any atom is -0.489 e. The van der Waals surface area contributed by atoms with Crippen molar-refractivity contribution in [1.29, 1.82) is 0 Å². The first-order valence-electron chi connectivity index (χ1n) is 9.87. The van der Waals surface area contributed by atoms with Gasteiger partial charge < -0.3 is 19.4 Å². The molecular formula is C25H25NO5. The fourth-order valence-corrected chi connectivity index (χ4v) is 2.72. The van der Waals surface area contributed by atoms with Crippen LogP contribution in [0.1, 0.15) is 27.8 Å². The molecule has 1 N–H and O–H groups in total. The first-order valence-corrected chi connectivity index (χ1v) is 9.87. The van der Waals surface area contributed by atoms with Crippen molar-refractivity contribution in [3.8, 4) is 11.5 Å². The van der Waals surface area contributed by atoms with E-state index >= 15 is 0 Å². The second-order valence-corrected chi connectivity index (χ2v) is 7.15. The Morgan fingerprint density at radius 1 is 0.871 bits per heavy atom. The Morgan fingerprint density at radius 3 is 2.03 bits per heavy atom. The standard InChI is InChI=1S/C25H25NO5/c1-18-3-7-20(8-4-18)15-29-23-12-11-22(14-26-31-17-25(27)28)24(13-23)30-16-21-9-5-19(2)6-10-21/h3-14H,15-17H2,1-2H3,(H,27,28). The van der Waals surface area contributed by atoms with Gasteiger partial charge in [0.15, 0.2) is 0 Å². The van der Waals surface area contributed by atoms with Crippen LogP contribution in [0.3, 0.4) is 0 Å². The van der Waals surface area contributed by atoms with Crippen molar-refractivity contribution in [2.75, 3.05) is 6.61 Å². The number of aliphatic carboxylic acids is 1. The van der Waals surface area contributed by atoms with Gasteiger partial charge in [0, 0.05) is 11.6 Å². The number of nitrogens with zero attached hydrogens (tertiary/aromatic N) is 1. The number of carbonyl (C=O) groups is 1. The van der Waals surface area contributed by atoms with Gasteiger partial charge in [-0.25, -0.2) is 4.79 Å². The fraction of sp³-hybridized carbons (Fsp3) is 0.200. The van der Waals surface area contributed by atoms with Crippen molar-refractivity contribution < 1.29 is 24.2 Å². The predicted molar refractivity (Wildman–Crippen MR) is 119 cm³/mol. The van der Waals surface area contributed by atoms with Crippen LogP contribution in [0, 0.1) is 13.8 Å². The molecule has 0 atom stereocenters. The molecule has 3 aromatic rings. The van der Waals surface area contributed by atoms with Crippen LogP contribution in [-0.2, 0) is 22.8 Å². The van der Waals surface area contributed by atoms with Crippen molar-refractivity contribution in [2.45, 2.75) is 27.1 Å². The quantitative estimate of drug-likeness (QED) is 0.374. The van der Waals surface area contributed by atoms with Gasteiger partial charge in [0.2, 0.25) is 6.61 Å². The molecule has 0 bridgehead atoms. The van der Waals surface area contributed by atoms with Gasteiger partial charge >= 0.3 is 5.97 Å². The molecule has 0 amide bonds. The minimum atomic E-state index is -1.09. The predicted octanol–water partition coefficient (Wildman–Crippen LogP) is 4.90. The Bertz CT molecular complexity index is 1030. The van der Waals surface area contributed by atoms with E-state index in [4.69, 9.17) is 19.4 Å². The Labute approximate surface area is 181 Å². The van der Waals surface area contributed by atoms with Gasteiger partial charge in [-0.1, -0.05) is 64.8 Å². The van der Waals surface area contributed by atoms with Crippen molar-refractivity contribution in [1.82, 2.24) is 0 Å². The number of rotatable bonds is 10. The van der Waals surface area contributed by atoms with Crippen LogP contribution in [0.5, 0.6) is 11.5 Å². The lowest BCUT2D eigenvalue weighted by Gasteiger charge is -2.13. The van der Waals surface area contributed by atoms with Crippen LogP contribution >= 0.6 is 0 Å². The van der Waals surface area contributed by atoms with Crippen molar-refractivity contribution in [3.05, 3.63) is 94.5 Å². The molecule has 6 heteroatoms. The Balaban J connectivity index is 1.72. The molecule has 0 saturated heterocycles. The van der Waals surface area contributed by atoms with E-state index in [2.05, 4.69) is 5.16 Å². The molecule has 160 valence electrons. The summed E-state index contributed by atoms with van der Waals surface area (Å²) in [5, 5.41) is 12.4. The molecule has 0 aliphatic heterocycles. The van der Waals surface area contributed by atoms with Gasteiger partial charge in [-0.05, 0) is 37.1 Å². The van der Waals surface area contributed by atoms with Crippen LogP contribution in [-0.4, -0.2) is 23.9 Å². The van der Waals surface area contributed by atoms with E-state index < -0.39 is 12.6 Å². The van der Waals surface area contributed by atoms with E-state index in [0.717, 1.165) is 11.1 Å². The van der Waals surface area contributed by atoms with Crippen molar-refractivity contribution in [3.63, 3.8) is 0 Å². The third kappa shape index (κ3) is 7.19. The molecule has 6 nitrogen and oxygen atoms in total. The average molecular weight is 419 g/mol. The maximum atomic E-state index is 10.6. The SMILES string of the molecule is Cc1ccc(COc2ccc(C=NOCC(=O)O)c(OCc3ccc(C)cc3)c2)cc1. The zero-order chi connectivity index (χ0) is 22.1. The lowest BCUT2D eigenvalue weighted by atomic mass is 10.1. The van der Waals surface area contributed by atoms with Crippen molar-refractivity contribution >= 4 is 12.2 Å². The summed E-state index contributed by atoms with van der Waals surface area (Å²) in [6.07, 6.45) is 1.43. The molecule has 0 spiro atoms. The zero-order valence-electron chi connectivity index (χ0n) is 17.6. The molecule has 0 fully saturated rings. The number of aryl methyl sites for hydroxylation is 2. The zero-order valence-corrected chi connectivity index (χ0v) is 17.6. The number of hydrogen-bond acceptors (Lipinski definition) is 5. The van der Waals surface area contributed by atoms with Gasteiger partial charge in [0.25, 0.3) is 0 Å².